The summed E-state index contributed by atoms with van der Waals surface area (Å²) in [5, 5.41) is 14.8. The van der Waals surface area contributed by atoms with Gasteiger partial charge < -0.3 is 15.3 Å². The van der Waals surface area contributed by atoms with Crippen LogP contribution in [0, 0.1) is 5.92 Å². The van der Waals surface area contributed by atoms with E-state index in [4.69, 9.17) is 0 Å². The molecule has 0 radical (unpaired) electrons. The molecule has 0 atom stereocenters. The molecule has 0 saturated heterocycles. The Morgan fingerprint density at radius 3 is 2.60 bits per heavy atom. The standard InChI is InChI=1S/C21H28N2O2/c1-23(19-11-9-16(15-24)10-12-19)21(25)22-14-13-18-7-4-6-17-5-2-3-8-20(17)18/h2-8,16,19,24H,9-15H2,1H3,(H,22,25). The molecule has 1 saturated carbocycles. The van der Waals surface area contributed by atoms with Gasteiger partial charge in [-0.15, -0.1) is 0 Å². The van der Waals surface area contributed by atoms with E-state index in [-0.39, 0.29) is 12.6 Å². The average molecular weight is 340 g/mol. The first kappa shape index (κ1) is 17.7. The highest BCUT2D eigenvalue weighted by Gasteiger charge is 2.25. The monoisotopic (exact) mass is 340 g/mol. The highest BCUT2D eigenvalue weighted by atomic mass is 16.3. The number of aliphatic hydroxyl groups excluding tert-OH is 1. The summed E-state index contributed by atoms with van der Waals surface area (Å²) in [6, 6.07) is 15.0. The number of hydrogen-bond donors (Lipinski definition) is 2. The molecule has 0 unspecified atom stereocenters. The molecule has 4 heteroatoms. The van der Waals surface area contributed by atoms with E-state index in [0.717, 1.165) is 32.1 Å². The van der Waals surface area contributed by atoms with Crippen LogP contribution >= 0.6 is 0 Å². The van der Waals surface area contributed by atoms with Crippen molar-refractivity contribution in [1.82, 2.24) is 10.2 Å². The fraction of sp³-hybridized carbons (Fsp3) is 0.476. The minimum absolute atomic E-state index is 0.00712. The average Bonchev–Trinajstić information content (AvgIpc) is 2.67. The summed E-state index contributed by atoms with van der Waals surface area (Å²) in [6.07, 6.45) is 4.82. The fourth-order valence-electron chi connectivity index (χ4n) is 3.82. The van der Waals surface area contributed by atoms with Crippen LogP contribution < -0.4 is 5.32 Å². The lowest BCUT2D eigenvalue weighted by atomic mass is 9.86. The maximum Gasteiger partial charge on any atom is 0.317 e. The summed E-state index contributed by atoms with van der Waals surface area (Å²) in [7, 11) is 1.89. The molecular weight excluding hydrogens is 312 g/mol. The van der Waals surface area contributed by atoms with Gasteiger partial charge in [0.05, 0.1) is 0 Å². The van der Waals surface area contributed by atoms with Crippen LogP contribution in [0.25, 0.3) is 10.8 Å². The van der Waals surface area contributed by atoms with Crippen molar-refractivity contribution in [3.05, 3.63) is 48.0 Å². The minimum atomic E-state index is 0.00712. The Hall–Kier alpha value is -2.07. The van der Waals surface area contributed by atoms with Crippen molar-refractivity contribution in [1.29, 1.82) is 0 Å². The molecule has 2 aromatic rings. The Labute approximate surface area is 149 Å². The molecule has 2 aromatic carbocycles. The van der Waals surface area contributed by atoms with Gasteiger partial charge in [-0.2, -0.15) is 0 Å². The highest BCUT2D eigenvalue weighted by Crippen LogP contribution is 2.26. The molecule has 4 nitrogen and oxygen atoms in total. The van der Waals surface area contributed by atoms with Gasteiger partial charge in [-0.25, -0.2) is 4.79 Å². The zero-order valence-corrected chi connectivity index (χ0v) is 14.9. The molecule has 0 spiro atoms. The van der Waals surface area contributed by atoms with Crippen molar-refractivity contribution < 1.29 is 9.90 Å². The molecule has 134 valence electrons. The van der Waals surface area contributed by atoms with Crippen LogP contribution in [-0.2, 0) is 6.42 Å². The fourth-order valence-corrected chi connectivity index (χ4v) is 3.82. The molecule has 2 amide bonds. The predicted molar refractivity (Wildman–Crippen MR) is 102 cm³/mol. The Balaban J connectivity index is 1.50. The largest absolute Gasteiger partial charge is 0.396 e. The minimum Gasteiger partial charge on any atom is -0.396 e. The number of aliphatic hydroxyl groups is 1. The maximum absolute atomic E-state index is 12.4. The summed E-state index contributed by atoms with van der Waals surface area (Å²) in [5.74, 6) is 0.416. The van der Waals surface area contributed by atoms with Crippen molar-refractivity contribution in [3.8, 4) is 0 Å². The third-order valence-electron chi connectivity index (χ3n) is 5.49. The van der Waals surface area contributed by atoms with Crippen LogP contribution in [0.3, 0.4) is 0 Å². The first-order valence-electron chi connectivity index (χ1n) is 9.27. The third-order valence-corrected chi connectivity index (χ3v) is 5.49. The maximum atomic E-state index is 12.4. The topological polar surface area (TPSA) is 52.6 Å². The van der Waals surface area contributed by atoms with Gasteiger partial charge in [0.2, 0.25) is 0 Å². The van der Waals surface area contributed by atoms with Gasteiger partial charge in [-0.05, 0) is 54.4 Å². The molecule has 0 aromatic heterocycles. The van der Waals surface area contributed by atoms with Crippen LogP contribution in [0.5, 0.6) is 0 Å². The smallest absolute Gasteiger partial charge is 0.317 e. The van der Waals surface area contributed by atoms with Gasteiger partial charge in [0.25, 0.3) is 0 Å². The first-order valence-corrected chi connectivity index (χ1v) is 9.27. The van der Waals surface area contributed by atoms with Crippen molar-refractivity contribution in [3.63, 3.8) is 0 Å². The van der Waals surface area contributed by atoms with Gasteiger partial charge in [-0.3, -0.25) is 0 Å². The van der Waals surface area contributed by atoms with E-state index in [2.05, 4.69) is 41.7 Å². The van der Waals surface area contributed by atoms with Crippen molar-refractivity contribution >= 4 is 16.8 Å². The van der Waals surface area contributed by atoms with E-state index in [1.807, 2.05) is 18.0 Å². The van der Waals surface area contributed by atoms with Crippen LogP contribution in [0.1, 0.15) is 31.2 Å². The van der Waals surface area contributed by atoms with Crippen LogP contribution in [0.4, 0.5) is 4.79 Å². The number of fused-ring (bicyclic) bond motifs is 1. The van der Waals surface area contributed by atoms with E-state index in [0.29, 0.717) is 18.5 Å². The lowest BCUT2D eigenvalue weighted by Crippen LogP contribution is -2.45. The second kappa shape index (κ2) is 8.34. The van der Waals surface area contributed by atoms with Gasteiger partial charge in [-0.1, -0.05) is 42.5 Å². The highest BCUT2D eigenvalue weighted by molar-refractivity contribution is 5.85. The Kier molecular flexibility index (Phi) is 5.92. The lowest BCUT2D eigenvalue weighted by molar-refractivity contribution is 0.134. The summed E-state index contributed by atoms with van der Waals surface area (Å²) in [5.41, 5.74) is 1.27. The number of urea groups is 1. The molecule has 2 N–H and O–H groups in total. The number of amides is 2. The molecule has 0 heterocycles. The van der Waals surface area contributed by atoms with Crippen molar-refractivity contribution in [2.45, 2.75) is 38.1 Å². The quantitative estimate of drug-likeness (QED) is 0.874. The van der Waals surface area contributed by atoms with E-state index in [1.165, 1.54) is 16.3 Å². The van der Waals surface area contributed by atoms with Crippen molar-refractivity contribution in [2.75, 3.05) is 20.2 Å². The molecule has 1 fully saturated rings. The third kappa shape index (κ3) is 4.31. The summed E-state index contributed by atoms with van der Waals surface area (Å²) in [4.78, 5) is 14.3. The zero-order chi connectivity index (χ0) is 17.6. The molecule has 0 aliphatic heterocycles. The molecular formula is C21H28N2O2. The van der Waals surface area contributed by atoms with Crippen LogP contribution in [0.2, 0.25) is 0 Å². The Morgan fingerprint density at radius 1 is 1.12 bits per heavy atom. The summed E-state index contributed by atoms with van der Waals surface area (Å²) < 4.78 is 0. The van der Waals surface area contributed by atoms with Gasteiger partial charge in [0, 0.05) is 26.2 Å². The number of benzene rings is 2. The number of carbonyl (C=O) groups excluding carboxylic acids is 1. The second-order valence-corrected chi connectivity index (χ2v) is 7.09. The molecule has 1 aliphatic rings. The second-order valence-electron chi connectivity index (χ2n) is 7.09. The van der Waals surface area contributed by atoms with E-state index >= 15 is 0 Å². The number of nitrogens with zero attached hydrogens (tertiary/aromatic N) is 1. The van der Waals surface area contributed by atoms with E-state index in [1.54, 1.807) is 0 Å². The summed E-state index contributed by atoms with van der Waals surface area (Å²) in [6.45, 7) is 0.914. The predicted octanol–water partition coefficient (Wildman–Crippen LogP) is 3.57. The molecule has 25 heavy (non-hydrogen) atoms. The number of rotatable bonds is 5. The first-order chi connectivity index (χ1) is 12.2. The lowest BCUT2D eigenvalue weighted by Gasteiger charge is -2.34. The number of hydrogen-bond acceptors (Lipinski definition) is 2. The van der Waals surface area contributed by atoms with Crippen LogP contribution in [0.15, 0.2) is 42.5 Å². The van der Waals surface area contributed by atoms with Crippen LogP contribution in [-0.4, -0.2) is 42.3 Å². The van der Waals surface area contributed by atoms with E-state index in [9.17, 15) is 9.90 Å². The van der Waals surface area contributed by atoms with Gasteiger partial charge in [0.1, 0.15) is 0 Å². The Morgan fingerprint density at radius 2 is 1.84 bits per heavy atom. The molecule has 0 bridgehead atoms. The normalized spacial score (nSPS) is 20.4. The number of carbonyl (C=O) groups is 1. The number of nitrogens with one attached hydrogen (secondary N) is 1. The molecule has 1 aliphatic carbocycles. The van der Waals surface area contributed by atoms with Crippen molar-refractivity contribution in [2.24, 2.45) is 5.92 Å². The van der Waals surface area contributed by atoms with E-state index < -0.39 is 0 Å². The molecule has 3 rings (SSSR count). The summed E-state index contributed by atoms with van der Waals surface area (Å²) >= 11 is 0. The Bertz CT molecular complexity index is 703. The zero-order valence-electron chi connectivity index (χ0n) is 14.9. The SMILES string of the molecule is CN(C(=O)NCCc1cccc2ccccc12)C1CCC(CO)CC1. The van der Waals surface area contributed by atoms with Gasteiger partial charge in [0.15, 0.2) is 0 Å². The van der Waals surface area contributed by atoms with Gasteiger partial charge >= 0.3 is 6.03 Å².